The number of aliphatic carboxylic acids is 1. The molecule has 0 aromatic heterocycles. The molecule has 102 valence electrons. The molecule has 0 aliphatic carbocycles. The first-order valence-electron chi connectivity index (χ1n) is 5.53. The van der Waals surface area contributed by atoms with E-state index in [1.165, 1.54) is 6.92 Å². The van der Waals surface area contributed by atoms with E-state index in [2.05, 4.69) is 5.32 Å². The van der Waals surface area contributed by atoms with Gasteiger partial charge in [-0.2, -0.15) is 0 Å². The maximum atomic E-state index is 11.2. The van der Waals surface area contributed by atoms with Crippen molar-refractivity contribution in [3.63, 3.8) is 0 Å². The van der Waals surface area contributed by atoms with Crippen molar-refractivity contribution < 1.29 is 24.2 Å². The van der Waals surface area contributed by atoms with Crippen LogP contribution in [0.1, 0.15) is 6.92 Å². The van der Waals surface area contributed by atoms with Crippen LogP contribution in [0.2, 0.25) is 0 Å². The van der Waals surface area contributed by atoms with Crippen LogP contribution in [0.15, 0.2) is 0 Å². The predicted octanol–water partition coefficient (Wildman–Crippen LogP) is -2.24. The van der Waals surface area contributed by atoms with Crippen molar-refractivity contribution in [3.05, 3.63) is 0 Å². The van der Waals surface area contributed by atoms with E-state index >= 15 is 0 Å². The van der Waals surface area contributed by atoms with E-state index in [9.17, 15) is 14.4 Å². The van der Waals surface area contributed by atoms with Crippen molar-refractivity contribution in [2.75, 3.05) is 26.3 Å². The fraction of sp³-hybridized carbons (Fsp3) is 0.700. The number of carboxylic acid groups (broad SMARTS) is 1. The summed E-state index contributed by atoms with van der Waals surface area (Å²) in [7, 11) is 0. The first-order chi connectivity index (χ1) is 8.41. The number of hydrogen-bond donors (Lipinski definition) is 3. The fourth-order valence-electron chi connectivity index (χ4n) is 1.78. The van der Waals surface area contributed by atoms with Gasteiger partial charge in [0.25, 0.3) is 0 Å². The number of nitrogens with one attached hydrogen (secondary N) is 1. The van der Waals surface area contributed by atoms with Crippen molar-refractivity contribution in [2.24, 2.45) is 5.73 Å². The Bertz CT molecular complexity index is 346. The molecule has 4 N–H and O–H groups in total. The number of rotatable bonds is 5. The van der Waals surface area contributed by atoms with Gasteiger partial charge in [-0.15, -0.1) is 0 Å². The summed E-state index contributed by atoms with van der Waals surface area (Å²) in [6, 6.07) is -1.73. The third-order valence-electron chi connectivity index (χ3n) is 2.66. The van der Waals surface area contributed by atoms with Gasteiger partial charge in [0, 0.05) is 20.0 Å². The molecule has 1 saturated heterocycles. The Balaban J connectivity index is 2.68. The van der Waals surface area contributed by atoms with Gasteiger partial charge in [0.05, 0.1) is 13.2 Å². The highest BCUT2D eigenvalue weighted by Crippen LogP contribution is 2.07. The van der Waals surface area contributed by atoms with Gasteiger partial charge in [0.15, 0.2) is 0 Å². The number of amides is 2. The topological polar surface area (TPSA) is 122 Å². The lowest BCUT2D eigenvalue weighted by molar-refractivity contribution is -0.144. The summed E-state index contributed by atoms with van der Waals surface area (Å²) < 4.78 is 5.12. The van der Waals surface area contributed by atoms with E-state index in [1.807, 2.05) is 0 Å². The van der Waals surface area contributed by atoms with Crippen LogP contribution < -0.4 is 11.1 Å². The van der Waals surface area contributed by atoms with Gasteiger partial charge in [0.1, 0.15) is 12.1 Å². The predicted molar refractivity (Wildman–Crippen MR) is 60.6 cm³/mol. The SMILES string of the molecule is CC(=O)NC(CN1CCOCC1C(N)=O)C(=O)O. The number of hydrogen-bond acceptors (Lipinski definition) is 5. The van der Waals surface area contributed by atoms with Crippen LogP contribution in [0.4, 0.5) is 0 Å². The van der Waals surface area contributed by atoms with Crippen LogP contribution in [0, 0.1) is 0 Å². The number of nitrogens with two attached hydrogens (primary N) is 1. The van der Waals surface area contributed by atoms with Crippen molar-refractivity contribution in [3.8, 4) is 0 Å². The molecule has 2 amide bonds. The second-order valence-corrected chi connectivity index (χ2v) is 4.08. The zero-order valence-corrected chi connectivity index (χ0v) is 10.1. The van der Waals surface area contributed by atoms with Crippen LogP contribution >= 0.6 is 0 Å². The minimum absolute atomic E-state index is 0.0197. The summed E-state index contributed by atoms with van der Waals surface area (Å²) in [4.78, 5) is 34.7. The van der Waals surface area contributed by atoms with E-state index in [0.29, 0.717) is 13.2 Å². The average molecular weight is 259 g/mol. The monoisotopic (exact) mass is 259 g/mol. The zero-order chi connectivity index (χ0) is 13.7. The number of carbonyl (C=O) groups excluding carboxylic acids is 2. The highest BCUT2D eigenvalue weighted by Gasteiger charge is 2.31. The minimum Gasteiger partial charge on any atom is -0.480 e. The largest absolute Gasteiger partial charge is 0.480 e. The van der Waals surface area contributed by atoms with E-state index in [4.69, 9.17) is 15.6 Å². The molecule has 1 rings (SSSR count). The summed E-state index contributed by atoms with van der Waals surface area (Å²) in [6.07, 6.45) is 0. The molecule has 0 aromatic rings. The molecule has 1 aliphatic heterocycles. The van der Waals surface area contributed by atoms with Crippen molar-refractivity contribution in [2.45, 2.75) is 19.0 Å². The van der Waals surface area contributed by atoms with Gasteiger partial charge < -0.3 is 20.9 Å². The first kappa shape index (κ1) is 14.4. The highest BCUT2D eigenvalue weighted by molar-refractivity contribution is 5.83. The highest BCUT2D eigenvalue weighted by atomic mass is 16.5. The van der Waals surface area contributed by atoms with E-state index in [0.717, 1.165) is 0 Å². The van der Waals surface area contributed by atoms with Gasteiger partial charge >= 0.3 is 5.97 Å². The van der Waals surface area contributed by atoms with Crippen molar-refractivity contribution in [1.29, 1.82) is 0 Å². The molecule has 0 saturated carbocycles. The summed E-state index contributed by atoms with van der Waals surface area (Å²) in [5.74, 6) is -2.16. The summed E-state index contributed by atoms with van der Waals surface area (Å²) in [6.45, 7) is 2.20. The van der Waals surface area contributed by atoms with Crippen LogP contribution in [0.3, 0.4) is 0 Å². The standard InChI is InChI=1S/C10H17N3O5/c1-6(14)12-7(10(16)17)4-13-2-3-18-5-8(13)9(11)15/h7-8H,2-5H2,1H3,(H2,11,15)(H,12,14)(H,16,17). The average Bonchev–Trinajstić information content (AvgIpc) is 2.27. The van der Waals surface area contributed by atoms with Gasteiger partial charge in [-0.25, -0.2) is 4.79 Å². The third-order valence-corrected chi connectivity index (χ3v) is 2.66. The second kappa shape index (κ2) is 6.31. The first-order valence-corrected chi connectivity index (χ1v) is 5.53. The van der Waals surface area contributed by atoms with Crippen LogP contribution in [0.25, 0.3) is 0 Å². The number of ether oxygens (including phenoxy) is 1. The number of carbonyl (C=O) groups is 3. The van der Waals surface area contributed by atoms with Gasteiger partial charge in [-0.1, -0.05) is 0 Å². The quantitative estimate of drug-likeness (QED) is 0.513. The number of primary amides is 1. The summed E-state index contributed by atoms with van der Waals surface area (Å²) >= 11 is 0. The molecule has 1 aliphatic rings. The molecule has 2 unspecified atom stereocenters. The molecular formula is C10H17N3O5. The lowest BCUT2D eigenvalue weighted by atomic mass is 10.1. The molecule has 18 heavy (non-hydrogen) atoms. The van der Waals surface area contributed by atoms with E-state index in [1.54, 1.807) is 4.90 Å². The van der Waals surface area contributed by atoms with Crippen LogP contribution in [-0.2, 0) is 19.1 Å². The molecule has 8 nitrogen and oxygen atoms in total. The molecule has 0 spiro atoms. The molecular weight excluding hydrogens is 242 g/mol. The maximum Gasteiger partial charge on any atom is 0.327 e. The Morgan fingerprint density at radius 1 is 1.56 bits per heavy atom. The van der Waals surface area contributed by atoms with E-state index in [-0.39, 0.29) is 13.2 Å². The lowest BCUT2D eigenvalue weighted by Gasteiger charge is -2.34. The third kappa shape index (κ3) is 3.97. The van der Waals surface area contributed by atoms with Gasteiger partial charge in [0.2, 0.25) is 11.8 Å². The molecule has 1 fully saturated rings. The van der Waals surface area contributed by atoms with Gasteiger partial charge in [-0.05, 0) is 0 Å². The maximum absolute atomic E-state index is 11.2. The minimum atomic E-state index is -1.15. The molecule has 0 bridgehead atoms. The molecule has 0 radical (unpaired) electrons. The molecule has 8 heteroatoms. The second-order valence-electron chi connectivity index (χ2n) is 4.08. The molecule has 0 aromatic carbocycles. The van der Waals surface area contributed by atoms with Gasteiger partial charge in [-0.3, -0.25) is 14.5 Å². The summed E-state index contributed by atoms with van der Waals surface area (Å²) in [5, 5.41) is 11.3. The number of morpholine rings is 1. The fourth-order valence-corrected chi connectivity index (χ4v) is 1.78. The van der Waals surface area contributed by atoms with Crippen molar-refractivity contribution >= 4 is 17.8 Å². The van der Waals surface area contributed by atoms with Crippen LogP contribution in [0.5, 0.6) is 0 Å². The number of nitrogens with zero attached hydrogens (tertiary/aromatic N) is 1. The normalized spacial score (nSPS) is 22.2. The molecule has 1 heterocycles. The van der Waals surface area contributed by atoms with Crippen molar-refractivity contribution in [1.82, 2.24) is 10.2 Å². The Labute approximate surface area is 104 Å². The smallest absolute Gasteiger partial charge is 0.327 e. The summed E-state index contributed by atoms with van der Waals surface area (Å²) in [5.41, 5.74) is 5.22. The Morgan fingerprint density at radius 3 is 2.72 bits per heavy atom. The van der Waals surface area contributed by atoms with E-state index < -0.39 is 29.9 Å². The Hall–Kier alpha value is -1.67. The molecule has 2 atom stereocenters. The van der Waals surface area contributed by atoms with Crippen LogP contribution in [-0.4, -0.2) is 66.2 Å². The number of carboxylic acids is 1. The Morgan fingerprint density at radius 2 is 2.22 bits per heavy atom. The zero-order valence-electron chi connectivity index (χ0n) is 10.1. The Kier molecular flexibility index (Phi) is 5.05. The lowest BCUT2D eigenvalue weighted by Crippen LogP contribution is -2.57.